The van der Waals surface area contributed by atoms with Crippen LogP contribution in [0.15, 0.2) is 30.4 Å². The van der Waals surface area contributed by atoms with E-state index in [4.69, 9.17) is 0 Å². The number of hydrogen-bond acceptors (Lipinski definition) is 5. The van der Waals surface area contributed by atoms with Crippen LogP contribution >= 0.6 is 0 Å². The van der Waals surface area contributed by atoms with Crippen LogP contribution in [0.4, 0.5) is 11.4 Å². The highest BCUT2D eigenvalue weighted by atomic mass is 16.6. The minimum Gasteiger partial charge on any atom is -0.309 e. The molecular formula is C11H13N3O4. The van der Waals surface area contributed by atoms with Crippen LogP contribution in [0.25, 0.3) is 0 Å². The van der Waals surface area contributed by atoms with Crippen LogP contribution < -0.4 is 5.32 Å². The number of rotatable bonds is 6. The summed E-state index contributed by atoms with van der Waals surface area (Å²) in [6, 6.07) is 3.62. The zero-order valence-electron chi connectivity index (χ0n) is 9.88. The molecule has 0 saturated heterocycles. The fourth-order valence-corrected chi connectivity index (χ4v) is 1.40. The fourth-order valence-electron chi connectivity index (χ4n) is 1.40. The molecule has 7 nitrogen and oxygen atoms in total. The first-order valence-electron chi connectivity index (χ1n) is 5.18. The van der Waals surface area contributed by atoms with Gasteiger partial charge in [0.15, 0.2) is 0 Å². The van der Waals surface area contributed by atoms with Gasteiger partial charge < -0.3 is 5.32 Å². The highest BCUT2D eigenvalue weighted by molar-refractivity contribution is 5.49. The zero-order valence-corrected chi connectivity index (χ0v) is 9.88. The monoisotopic (exact) mass is 251 g/mol. The molecule has 0 heterocycles. The molecule has 0 aromatic heterocycles. The van der Waals surface area contributed by atoms with E-state index >= 15 is 0 Å². The van der Waals surface area contributed by atoms with Crippen molar-refractivity contribution in [3.05, 3.63) is 56.1 Å². The summed E-state index contributed by atoms with van der Waals surface area (Å²) in [6.45, 7) is 6.33. The maximum absolute atomic E-state index is 10.8. The molecular weight excluding hydrogens is 238 g/mol. The van der Waals surface area contributed by atoms with Crippen LogP contribution in [0.3, 0.4) is 0 Å². The summed E-state index contributed by atoms with van der Waals surface area (Å²) in [5, 5.41) is 24.3. The molecule has 1 rings (SSSR count). The summed E-state index contributed by atoms with van der Waals surface area (Å²) in [5.74, 6) is 0. The average molecular weight is 251 g/mol. The van der Waals surface area contributed by atoms with Gasteiger partial charge in [-0.3, -0.25) is 20.2 Å². The van der Waals surface area contributed by atoms with Gasteiger partial charge in [0.25, 0.3) is 11.4 Å². The Morgan fingerprint density at radius 1 is 1.33 bits per heavy atom. The molecule has 18 heavy (non-hydrogen) atoms. The number of nitro groups is 2. The van der Waals surface area contributed by atoms with Crippen molar-refractivity contribution in [1.29, 1.82) is 0 Å². The topological polar surface area (TPSA) is 98.3 Å². The highest BCUT2D eigenvalue weighted by Gasteiger charge is 2.18. The molecule has 7 heteroatoms. The van der Waals surface area contributed by atoms with E-state index in [0.717, 1.165) is 11.6 Å². The molecule has 1 aromatic carbocycles. The molecule has 0 bridgehead atoms. The first-order valence-corrected chi connectivity index (χ1v) is 5.18. The van der Waals surface area contributed by atoms with E-state index in [-0.39, 0.29) is 17.9 Å². The molecule has 0 fully saturated rings. The lowest BCUT2D eigenvalue weighted by Crippen LogP contribution is -2.16. The van der Waals surface area contributed by atoms with Gasteiger partial charge >= 0.3 is 0 Å². The fraction of sp³-hybridized carbons (Fsp3) is 0.273. The second-order valence-corrected chi connectivity index (χ2v) is 3.89. The number of benzene rings is 1. The van der Waals surface area contributed by atoms with Crippen molar-refractivity contribution < 1.29 is 9.85 Å². The molecule has 0 aliphatic heterocycles. The van der Waals surface area contributed by atoms with Crippen LogP contribution in [0.5, 0.6) is 0 Å². The third-order valence-electron chi connectivity index (χ3n) is 2.22. The number of non-ortho nitro benzene ring substituents is 1. The summed E-state index contributed by atoms with van der Waals surface area (Å²) in [6.07, 6.45) is 0. The van der Waals surface area contributed by atoms with Gasteiger partial charge in [-0.15, -0.1) is 0 Å². The van der Waals surface area contributed by atoms with Crippen LogP contribution in [0, 0.1) is 20.2 Å². The highest BCUT2D eigenvalue weighted by Crippen LogP contribution is 2.24. The lowest BCUT2D eigenvalue weighted by atomic mass is 10.1. The molecule has 0 spiro atoms. The summed E-state index contributed by atoms with van der Waals surface area (Å²) in [5.41, 5.74) is 0.773. The molecule has 0 amide bonds. The van der Waals surface area contributed by atoms with Crippen molar-refractivity contribution >= 4 is 11.4 Å². The first kappa shape index (κ1) is 13.8. The molecule has 1 N–H and O–H groups in total. The van der Waals surface area contributed by atoms with Crippen LogP contribution in [-0.2, 0) is 6.54 Å². The van der Waals surface area contributed by atoms with Gasteiger partial charge in [0.1, 0.15) is 0 Å². The van der Waals surface area contributed by atoms with E-state index in [0.29, 0.717) is 12.1 Å². The third-order valence-corrected chi connectivity index (χ3v) is 2.22. The second kappa shape index (κ2) is 5.87. The van der Waals surface area contributed by atoms with Crippen LogP contribution in [0.1, 0.15) is 12.5 Å². The maximum Gasteiger partial charge on any atom is 0.280 e. The summed E-state index contributed by atoms with van der Waals surface area (Å²) >= 11 is 0. The predicted octanol–water partition coefficient (Wildman–Crippen LogP) is 2.17. The van der Waals surface area contributed by atoms with Gasteiger partial charge in [-0.05, 0) is 13.0 Å². The normalized spacial score (nSPS) is 10.1. The quantitative estimate of drug-likeness (QED) is 0.474. The first-order chi connectivity index (χ1) is 8.41. The Labute approximate surface area is 103 Å². The maximum atomic E-state index is 10.8. The average Bonchev–Trinajstić information content (AvgIpc) is 2.28. The van der Waals surface area contributed by atoms with Gasteiger partial charge in [0.2, 0.25) is 0 Å². The van der Waals surface area contributed by atoms with Gasteiger partial charge in [-0.2, -0.15) is 0 Å². The van der Waals surface area contributed by atoms with E-state index in [2.05, 4.69) is 11.9 Å². The lowest BCUT2D eigenvalue weighted by Gasteiger charge is -2.05. The largest absolute Gasteiger partial charge is 0.309 e. The van der Waals surface area contributed by atoms with Gasteiger partial charge in [0, 0.05) is 24.7 Å². The smallest absolute Gasteiger partial charge is 0.280 e. The number of nitro benzene ring substituents is 2. The van der Waals surface area contributed by atoms with Crippen LogP contribution in [-0.4, -0.2) is 16.4 Å². The van der Waals surface area contributed by atoms with Crippen molar-refractivity contribution in [1.82, 2.24) is 5.32 Å². The van der Waals surface area contributed by atoms with Crippen molar-refractivity contribution in [2.24, 2.45) is 0 Å². The van der Waals surface area contributed by atoms with Gasteiger partial charge in [0.05, 0.1) is 15.9 Å². The third kappa shape index (κ3) is 3.63. The minimum absolute atomic E-state index is 0.251. The van der Waals surface area contributed by atoms with E-state index in [1.54, 1.807) is 0 Å². The lowest BCUT2D eigenvalue weighted by molar-refractivity contribution is -0.394. The van der Waals surface area contributed by atoms with E-state index in [1.807, 2.05) is 6.92 Å². The molecule has 0 atom stereocenters. The summed E-state index contributed by atoms with van der Waals surface area (Å²) < 4.78 is 0. The summed E-state index contributed by atoms with van der Waals surface area (Å²) in [7, 11) is 0. The Balaban J connectivity index is 2.93. The van der Waals surface area contributed by atoms with Gasteiger partial charge in [-0.1, -0.05) is 12.2 Å². The van der Waals surface area contributed by atoms with E-state index in [9.17, 15) is 20.2 Å². The Morgan fingerprint density at radius 3 is 2.50 bits per heavy atom. The minimum atomic E-state index is -0.655. The molecule has 0 aliphatic carbocycles. The Morgan fingerprint density at radius 2 is 2.00 bits per heavy atom. The molecule has 0 saturated carbocycles. The van der Waals surface area contributed by atoms with Crippen LogP contribution in [0.2, 0.25) is 0 Å². The van der Waals surface area contributed by atoms with Crippen molar-refractivity contribution in [2.75, 3.05) is 6.54 Å². The Hall–Kier alpha value is -2.28. The molecule has 0 radical (unpaired) electrons. The Kier molecular flexibility index (Phi) is 4.50. The predicted molar refractivity (Wildman–Crippen MR) is 66.3 cm³/mol. The van der Waals surface area contributed by atoms with Crippen molar-refractivity contribution in [2.45, 2.75) is 13.5 Å². The van der Waals surface area contributed by atoms with Crippen molar-refractivity contribution in [3.8, 4) is 0 Å². The SMILES string of the molecule is C=C(C)CNCc1ccc([N+](=O)[O-])cc1[N+](=O)[O-]. The molecule has 1 aromatic rings. The number of nitrogens with one attached hydrogen (secondary N) is 1. The standard InChI is InChI=1S/C11H13N3O4/c1-8(2)6-12-7-9-3-4-10(13(15)16)5-11(9)14(17)18/h3-5,12H,1,6-7H2,2H3. The Bertz CT molecular complexity index is 499. The summed E-state index contributed by atoms with van der Waals surface area (Å²) in [4.78, 5) is 20.1. The van der Waals surface area contributed by atoms with E-state index < -0.39 is 9.85 Å². The molecule has 0 unspecified atom stereocenters. The number of hydrogen-bond donors (Lipinski definition) is 1. The number of nitrogens with zero attached hydrogens (tertiary/aromatic N) is 2. The second-order valence-electron chi connectivity index (χ2n) is 3.89. The zero-order chi connectivity index (χ0) is 13.7. The van der Waals surface area contributed by atoms with E-state index in [1.165, 1.54) is 12.1 Å². The molecule has 0 aliphatic rings. The molecule has 96 valence electrons. The van der Waals surface area contributed by atoms with Gasteiger partial charge in [-0.25, -0.2) is 0 Å². The van der Waals surface area contributed by atoms with Crippen molar-refractivity contribution in [3.63, 3.8) is 0 Å².